The molecule has 4 heteroatoms. The molecule has 96 valence electrons. The van der Waals surface area contributed by atoms with E-state index in [1.165, 1.54) is 0 Å². The van der Waals surface area contributed by atoms with Crippen LogP contribution in [0.5, 0.6) is 0 Å². The highest BCUT2D eigenvalue weighted by molar-refractivity contribution is 6.42. The molecule has 0 spiro atoms. The fourth-order valence-electron chi connectivity index (χ4n) is 1.22. The van der Waals surface area contributed by atoms with Gasteiger partial charge in [-0.15, -0.1) is 0 Å². The molecular formula is C14H12Cl4. The van der Waals surface area contributed by atoms with Crippen LogP contribution in [-0.4, -0.2) is 0 Å². The Hall–Kier alpha value is -0.400. The van der Waals surface area contributed by atoms with E-state index in [0.29, 0.717) is 20.1 Å². The van der Waals surface area contributed by atoms with Crippen LogP contribution < -0.4 is 0 Å². The van der Waals surface area contributed by atoms with Crippen molar-refractivity contribution < 1.29 is 0 Å². The van der Waals surface area contributed by atoms with E-state index in [-0.39, 0.29) is 0 Å². The van der Waals surface area contributed by atoms with E-state index in [0.717, 1.165) is 11.1 Å². The SMILES string of the molecule is Cc1cccc(Cl)c1Cl.Cc1cccc(Cl)c1Cl. The van der Waals surface area contributed by atoms with Crippen molar-refractivity contribution in [3.8, 4) is 0 Å². The average Bonchev–Trinajstić information content (AvgIpc) is 2.34. The van der Waals surface area contributed by atoms with E-state index in [1.807, 2.05) is 38.1 Å². The van der Waals surface area contributed by atoms with Crippen molar-refractivity contribution in [1.29, 1.82) is 0 Å². The minimum atomic E-state index is 0.622. The van der Waals surface area contributed by atoms with Gasteiger partial charge in [0.25, 0.3) is 0 Å². The fourth-order valence-corrected chi connectivity index (χ4v) is 1.92. The molecule has 18 heavy (non-hydrogen) atoms. The molecule has 0 fully saturated rings. The van der Waals surface area contributed by atoms with E-state index in [9.17, 15) is 0 Å². The van der Waals surface area contributed by atoms with E-state index >= 15 is 0 Å². The predicted octanol–water partition coefficient (Wildman–Crippen LogP) is 6.60. The smallest absolute Gasteiger partial charge is 0.0621 e. The van der Waals surface area contributed by atoms with Crippen LogP contribution in [0.3, 0.4) is 0 Å². The summed E-state index contributed by atoms with van der Waals surface area (Å²) in [6.45, 7) is 3.85. The molecule has 0 aliphatic carbocycles. The van der Waals surface area contributed by atoms with Crippen molar-refractivity contribution in [3.05, 3.63) is 67.6 Å². The van der Waals surface area contributed by atoms with Gasteiger partial charge in [-0.25, -0.2) is 0 Å². The minimum Gasteiger partial charge on any atom is -0.0827 e. The topological polar surface area (TPSA) is 0 Å². The molecule has 2 aromatic carbocycles. The Kier molecular flexibility index (Phi) is 6.31. The number of rotatable bonds is 0. The summed E-state index contributed by atoms with van der Waals surface area (Å²) in [5.74, 6) is 0. The molecule has 2 rings (SSSR count). The van der Waals surface area contributed by atoms with Crippen molar-refractivity contribution in [2.45, 2.75) is 13.8 Å². The maximum atomic E-state index is 5.75. The summed E-state index contributed by atoms with van der Waals surface area (Å²) < 4.78 is 0. The van der Waals surface area contributed by atoms with Crippen LogP contribution in [0, 0.1) is 13.8 Å². The summed E-state index contributed by atoms with van der Waals surface area (Å²) >= 11 is 22.9. The Labute approximate surface area is 127 Å². The zero-order valence-electron chi connectivity index (χ0n) is 9.98. The van der Waals surface area contributed by atoms with Crippen molar-refractivity contribution in [3.63, 3.8) is 0 Å². The highest BCUT2D eigenvalue weighted by Crippen LogP contribution is 2.24. The Balaban J connectivity index is 0.000000180. The van der Waals surface area contributed by atoms with Crippen LogP contribution in [0.25, 0.3) is 0 Å². The average molecular weight is 322 g/mol. The van der Waals surface area contributed by atoms with E-state index < -0.39 is 0 Å². The first-order valence-corrected chi connectivity index (χ1v) is 6.76. The molecule has 0 aliphatic rings. The van der Waals surface area contributed by atoms with Gasteiger partial charge in [0.2, 0.25) is 0 Å². The minimum absolute atomic E-state index is 0.622. The van der Waals surface area contributed by atoms with Crippen LogP contribution in [0.2, 0.25) is 20.1 Å². The molecule has 0 N–H and O–H groups in total. The van der Waals surface area contributed by atoms with Gasteiger partial charge in [-0.1, -0.05) is 70.7 Å². The summed E-state index contributed by atoms with van der Waals surface area (Å²) in [5.41, 5.74) is 2.04. The van der Waals surface area contributed by atoms with E-state index in [2.05, 4.69) is 0 Å². The standard InChI is InChI=1S/2C7H6Cl2/c2*1-5-3-2-4-6(8)7(5)9/h2*2-4H,1H3. The molecule has 0 aromatic heterocycles. The van der Waals surface area contributed by atoms with Gasteiger partial charge in [0.05, 0.1) is 20.1 Å². The van der Waals surface area contributed by atoms with Crippen molar-refractivity contribution in [2.24, 2.45) is 0 Å². The first-order valence-electron chi connectivity index (χ1n) is 5.24. The quantitative estimate of drug-likeness (QED) is 0.512. The number of hydrogen-bond acceptors (Lipinski definition) is 0. The van der Waals surface area contributed by atoms with Crippen LogP contribution >= 0.6 is 46.4 Å². The second kappa shape index (κ2) is 7.25. The Morgan fingerprint density at radius 2 is 0.944 bits per heavy atom. The van der Waals surface area contributed by atoms with E-state index in [1.54, 1.807) is 12.1 Å². The van der Waals surface area contributed by atoms with Crippen LogP contribution in [0.15, 0.2) is 36.4 Å². The van der Waals surface area contributed by atoms with Crippen molar-refractivity contribution in [2.75, 3.05) is 0 Å². The lowest BCUT2D eigenvalue weighted by Gasteiger charge is -1.96. The summed E-state index contributed by atoms with van der Waals surface area (Å²) in [6, 6.07) is 11.2. The Bertz CT molecular complexity index is 445. The lowest BCUT2D eigenvalue weighted by molar-refractivity contribution is 1.47. The zero-order chi connectivity index (χ0) is 13.7. The van der Waals surface area contributed by atoms with E-state index in [4.69, 9.17) is 46.4 Å². The van der Waals surface area contributed by atoms with Crippen molar-refractivity contribution >= 4 is 46.4 Å². The lowest BCUT2D eigenvalue weighted by Crippen LogP contribution is -1.73. The molecule has 0 heterocycles. The summed E-state index contributed by atoms with van der Waals surface area (Å²) in [4.78, 5) is 0. The highest BCUT2D eigenvalue weighted by Gasteiger charge is 1.97. The molecule has 0 amide bonds. The molecule has 2 aromatic rings. The number of hydrogen-bond donors (Lipinski definition) is 0. The molecule has 0 nitrogen and oxygen atoms in total. The summed E-state index contributed by atoms with van der Waals surface area (Å²) in [5, 5.41) is 2.55. The number of aryl methyl sites for hydroxylation is 2. The maximum absolute atomic E-state index is 5.75. The molecule has 0 atom stereocenters. The van der Waals surface area contributed by atoms with Gasteiger partial charge >= 0.3 is 0 Å². The molecule has 0 saturated heterocycles. The molecule has 0 unspecified atom stereocenters. The molecule has 0 aliphatic heterocycles. The lowest BCUT2D eigenvalue weighted by atomic mass is 10.2. The molecule has 0 saturated carbocycles. The number of halogens is 4. The second-order valence-corrected chi connectivity index (χ2v) is 5.31. The van der Waals surface area contributed by atoms with Gasteiger partial charge in [-0.3, -0.25) is 0 Å². The van der Waals surface area contributed by atoms with Gasteiger partial charge < -0.3 is 0 Å². The first-order chi connectivity index (χ1) is 8.43. The third kappa shape index (κ3) is 4.37. The van der Waals surface area contributed by atoms with Crippen LogP contribution in [-0.2, 0) is 0 Å². The number of benzene rings is 2. The third-order valence-electron chi connectivity index (χ3n) is 2.29. The summed E-state index contributed by atoms with van der Waals surface area (Å²) in [7, 11) is 0. The maximum Gasteiger partial charge on any atom is 0.0621 e. The normalized spacial score (nSPS) is 9.67. The molecule has 0 bridgehead atoms. The Morgan fingerprint density at radius 3 is 1.17 bits per heavy atom. The van der Waals surface area contributed by atoms with Crippen LogP contribution in [0.1, 0.15) is 11.1 Å². The zero-order valence-corrected chi connectivity index (χ0v) is 13.0. The Morgan fingerprint density at radius 1 is 0.611 bits per heavy atom. The van der Waals surface area contributed by atoms with Gasteiger partial charge in [-0.05, 0) is 37.1 Å². The largest absolute Gasteiger partial charge is 0.0827 e. The van der Waals surface area contributed by atoms with Gasteiger partial charge in [0, 0.05) is 0 Å². The van der Waals surface area contributed by atoms with Gasteiger partial charge in [-0.2, -0.15) is 0 Å². The predicted molar refractivity (Wildman–Crippen MR) is 82.4 cm³/mol. The van der Waals surface area contributed by atoms with Crippen LogP contribution in [0.4, 0.5) is 0 Å². The molecule has 0 radical (unpaired) electrons. The monoisotopic (exact) mass is 320 g/mol. The fraction of sp³-hybridized carbons (Fsp3) is 0.143. The van der Waals surface area contributed by atoms with Gasteiger partial charge in [0.1, 0.15) is 0 Å². The third-order valence-corrected chi connectivity index (χ3v) is 4.12. The summed E-state index contributed by atoms with van der Waals surface area (Å²) in [6.07, 6.45) is 0. The highest BCUT2D eigenvalue weighted by atomic mass is 35.5. The molecular weight excluding hydrogens is 310 g/mol. The van der Waals surface area contributed by atoms with Gasteiger partial charge in [0.15, 0.2) is 0 Å². The second-order valence-electron chi connectivity index (χ2n) is 3.74. The first kappa shape index (κ1) is 15.7. The van der Waals surface area contributed by atoms with Crippen molar-refractivity contribution in [1.82, 2.24) is 0 Å².